The largest absolute Gasteiger partial charge is 0.347 e. The maximum Gasteiger partial charge on any atom is 0.243 e. The van der Waals surface area contributed by atoms with Crippen molar-refractivity contribution in [1.29, 1.82) is 0 Å². The van der Waals surface area contributed by atoms with Crippen LogP contribution in [0.25, 0.3) is 0 Å². The normalized spacial score (nSPS) is 18.2. The molecule has 2 rings (SSSR count). The lowest BCUT2D eigenvalue weighted by Crippen LogP contribution is -2.46. The van der Waals surface area contributed by atoms with Crippen LogP contribution in [0.5, 0.6) is 0 Å². The molecule has 0 fully saturated rings. The van der Waals surface area contributed by atoms with Crippen molar-refractivity contribution >= 4 is 11.8 Å². The molecule has 108 valence electrons. The Hall–Kier alpha value is -1.84. The fraction of sp³-hybridized carbons (Fsp3) is 0.500. The van der Waals surface area contributed by atoms with Gasteiger partial charge in [0, 0.05) is 6.92 Å². The van der Waals surface area contributed by atoms with Crippen LogP contribution in [0.2, 0.25) is 0 Å². The third-order valence-corrected chi connectivity index (χ3v) is 3.72. The molecule has 1 aromatic rings. The topological polar surface area (TPSA) is 58.2 Å². The van der Waals surface area contributed by atoms with Crippen molar-refractivity contribution in [2.75, 3.05) is 0 Å². The van der Waals surface area contributed by atoms with E-state index >= 15 is 0 Å². The first-order chi connectivity index (χ1) is 9.61. The van der Waals surface area contributed by atoms with Gasteiger partial charge < -0.3 is 10.6 Å². The summed E-state index contributed by atoms with van der Waals surface area (Å²) < 4.78 is 0. The number of aryl methyl sites for hydroxylation is 1. The summed E-state index contributed by atoms with van der Waals surface area (Å²) in [6.45, 7) is 3.45. The molecule has 1 aromatic carbocycles. The van der Waals surface area contributed by atoms with Crippen LogP contribution in [-0.2, 0) is 16.0 Å². The summed E-state index contributed by atoms with van der Waals surface area (Å²) in [4.78, 5) is 23.5. The molecule has 0 bridgehead atoms. The number of benzene rings is 1. The highest BCUT2D eigenvalue weighted by atomic mass is 16.2. The second-order valence-electron chi connectivity index (χ2n) is 5.34. The Morgan fingerprint density at radius 2 is 2.10 bits per heavy atom. The monoisotopic (exact) mass is 274 g/mol. The van der Waals surface area contributed by atoms with E-state index in [-0.39, 0.29) is 17.9 Å². The lowest BCUT2D eigenvalue weighted by Gasteiger charge is -2.20. The van der Waals surface area contributed by atoms with Crippen molar-refractivity contribution in [3.8, 4) is 0 Å². The average molecular weight is 274 g/mol. The van der Waals surface area contributed by atoms with Crippen molar-refractivity contribution < 1.29 is 9.59 Å². The molecule has 0 aliphatic heterocycles. The predicted molar refractivity (Wildman–Crippen MR) is 78.2 cm³/mol. The second kappa shape index (κ2) is 6.55. The van der Waals surface area contributed by atoms with Crippen LogP contribution in [0, 0.1) is 0 Å². The van der Waals surface area contributed by atoms with Gasteiger partial charge in [0.05, 0.1) is 6.04 Å². The standard InChI is InChI=1S/C16H22N2O2/c1-3-6-15(17-11(2)19)16(20)18-14-10-9-12-7-4-5-8-13(12)14/h4-5,7-8,14-15H,3,6,9-10H2,1-2H3,(H,17,19)(H,18,20)/t14-,15-/m0/s1. The first-order valence-corrected chi connectivity index (χ1v) is 7.27. The quantitative estimate of drug-likeness (QED) is 0.864. The summed E-state index contributed by atoms with van der Waals surface area (Å²) in [6, 6.07) is 7.86. The molecule has 20 heavy (non-hydrogen) atoms. The molecule has 0 spiro atoms. The fourth-order valence-corrected chi connectivity index (χ4v) is 2.78. The van der Waals surface area contributed by atoms with Crippen LogP contribution in [0.3, 0.4) is 0 Å². The van der Waals surface area contributed by atoms with Gasteiger partial charge in [-0.1, -0.05) is 37.6 Å². The van der Waals surface area contributed by atoms with E-state index in [9.17, 15) is 9.59 Å². The van der Waals surface area contributed by atoms with Crippen molar-refractivity contribution in [3.05, 3.63) is 35.4 Å². The molecule has 1 aliphatic carbocycles. The highest BCUT2D eigenvalue weighted by molar-refractivity contribution is 5.87. The van der Waals surface area contributed by atoms with E-state index in [0.29, 0.717) is 6.42 Å². The van der Waals surface area contributed by atoms with Gasteiger partial charge in [0.15, 0.2) is 0 Å². The molecule has 0 radical (unpaired) electrons. The number of hydrogen-bond donors (Lipinski definition) is 2. The van der Waals surface area contributed by atoms with E-state index in [1.807, 2.05) is 19.1 Å². The van der Waals surface area contributed by atoms with Gasteiger partial charge in [0.2, 0.25) is 11.8 Å². The summed E-state index contributed by atoms with van der Waals surface area (Å²) in [7, 11) is 0. The highest BCUT2D eigenvalue weighted by Gasteiger charge is 2.26. The van der Waals surface area contributed by atoms with Gasteiger partial charge in [-0.3, -0.25) is 9.59 Å². The third kappa shape index (κ3) is 3.38. The molecular weight excluding hydrogens is 252 g/mol. The zero-order valence-electron chi connectivity index (χ0n) is 12.1. The molecule has 0 saturated carbocycles. The smallest absolute Gasteiger partial charge is 0.243 e. The molecule has 4 nitrogen and oxygen atoms in total. The van der Waals surface area contributed by atoms with Crippen LogP contribution >= 0.6 is 0 Å². The number of fused-ring (bicyclic) bond motifs is 1. The summed E-state index contributed by atoms with van der Waals surface area (Å²) >= 11 is 0. The molecule has 0 heterocycles. The molecule has 0 unspecified atom stereocenters. The highest BCUT2D eigenvalue weighted by Crippen LogP contribution is 2.30. The zero-order valence-corrected chi connectivity index (χ0v) is 12.1. The Labute approximate surface area is 119 Å². The lowest BCUT2D eigenvalue weighted by molar-refractivity contribution is -0.128. The predicted octanol–water partition coefficient (Wildman–Crippen LogP) is 2.09. The number of rotatable bonds is 5. The van der Waals surface area contributed by atoms with Crippen molar-refractivity contribution in [3.63, 3.8) is 0 Å². The SMILES string of the molecule is CCC[C@H](NC(C)=O)C(=O)N[C@H]1CCc2ccccc21. The summed E-state index contributed by atoms with van der Waals surface area (Å²) in [5, 5.41) is 5.80. The minimum absolute atomic E-state index is 0.0758. The van der Waals surface area contributed by atoms with E-state index in [4.69, 9.17) is 0 Å². The van der Waals surface area contributed by atoms with Crippen molar-refractivity contribution in [1.82, 2.24) is 10.6 Å². The lowest BCUT2D eigenvalue weighted by atomic mass is 10.1. The Balaban J connectivity index is 2.02. The van der Waals surface area contributed by atoms with Crippen LogP contribution in [0.15, 0.2) is 24.3 Å². The van der Waals surface area contributed by atoms with E-state index in [0.717, 1.165) is 19.3 Å². The molecule has 2 atom stereocenters. The summed E-state index contributed by atoms with van der Waals surface area (Å²) in [5.74, 6) is -0.242. The fourth-order valence-electron chi connectivity index (χ4n) is 2.78. The van der Waals surface area contributed by atoms with E-state index in [2.05, 4.69) is 22.8 Å². The van der Waals surface area contributed by atoms with Crippen LogP contribution in [-0.4, -0.2) is 17.9 Å². The van der Waals surface area contributed by atoms with Crippen molar-refractivity contribution in [2.45, 2.75) is 51.6 Å². The van der Waals surface area contributed by atoms with Crippen LogP contribution in [0.1, 0.15) is 50.3 Å². The van der Waals surface area contributed by atoms with Gasteiger partial charge in [0.1, 0.15) is 6.04 Å². The van der Waals surface area contributed by atoms with E-state index in [1.54, 1.807) is 0 Å². The molecule has 0 saturated heterocycles. The van der Waals surface area contributed by atoms with Crippen LogP contribution < -0.4 is 10.6 Å². The second-order valence-corrected chi connectivity index (χ2v) is 5.34. The van der Waals surface area contributed by atoms with Gasteiger partial charge >= 0.3 is 0 Å². The Morgan fingerprint density at radius 1 is 1.35 bits per heavy atom. The minimum atomic E-state index is -0.426. The molecule has 4 heteroatoms. The Morgan fingerprint density at radius 3 is 2.80 bits per heavy atom. The van der Waals surface area contributed by atoms with Crippen LogP contribution in [0.4, 0.5) is 0 Å². The number of carbonyl (C=O) groups excluding carboxylic acids is 2. The van der Waals surface area contributed by atoms with Gasteiger partial charge in [-0.2, -0.15) is 0 Å². The number of hydrogen-bond acceptors (Lipinski definition) is 2. The average Bonchev–Trinajstić information content (AvgIpc) is 2.81. The Bertz CT molecular complexity index is 499. The molecule has 1 aliphatic rings. The van der Waals surface area contributed by atoms with E-state index in [1.165, 1.54) is 18.1 Å². The molecule has 2 N–H and O–H groups in total. The van der Waals surface area contributed by atoms with Gasteiger partial charge in [0.25, 0.3) is 0 Å². The number of nitrogens with one attached hydrogen (secondary N) is 2. The van der Waals surface area contributed by atoms with E-state index < -0.39 is 6.04 Å². The number of carbonyl (C=O) groups is 2. The zero-order chi connectivity index (χ0) is 14.5. The molecule has 0 aromatic heterocycles. The van der Waals surface area contributed by atoms with Gasteiger partial charge in [-0.05, 0) is 30.4 Å². The minimum Gasteiger partial charge on any atom is -0.347 e. The van der Waals surface area contributed by atoms with Crippen molar-refractivity contribution in [2.24, 2.45) is 0 Å². The number of amides is 2. The third-order valence-electron chi connectivity index (χ3n) is 3.72. The molecule has 2 amide bonds. The maximum absolute atomic E-state index is 12.3. The van der Waals surface area contributed by atoms with Gasteiger partial charge in [-0.15, -0.1) is 0 Å². The summed E-state index contributed by atoms with van der Waals surface area (Å²) in [6.07, 6.45) is 3.46. The van der Waals surface area contributed by atoms with Gasteiger partial charge in [-0.25, -0.2) is 0 Å². The Kier molecular flexibility index (Phi) is 4.77. The maximum atomic E-state index is 12.3. The first kappa shape index (κ1) is 14.6. The first-order valence-electron chi connectivity index (χ1n) is 7.27. The molecular formula is C16H22N2O2. The summed E-state index contributed by atoms with van der Waals surface area (Å²) in [5.41, 5.74) is 2.52.